The Bertz CT molecular complexity index is 571. The van der Waals surface area contributed by atoms with Crippen LogP contribution in [0.5, 0.6) is 0 Å². The number of carbonyl (C=O) groups is 2. The lowest BCUT2D eigenvalue weighted by molar-refractivity contribution is -0.137. The predicted octanol–water partition coefficient (Wildman–Crippen LogP) is 3.48. The highest BCUT2D eigenvalue weighted by molar-refractivity contribution is 5.88. The average molecular weight is 351 g/mol. The van der Waals surface area contributed by atoms with Gasteiger partial charge in [0.05, 0.1) is 0 Å². The molecule has 1 aromatic rings. The van der Waals surface area contributed by atoms with Gasteiger partial charge in [-0.3, -0.25) is 9.59 Å². The van der Waals surface area contributed by atoms with Crippen molar-refractivity contribution < 1.29 is 14.7 Å². The number of hydrogen-bond acceptors (Lipinski definition) is 3. The van der Waals surface area contributed by atoms with E-state index in [2.05, 4.69) is 15.6 Å². The highest BCUT2D eigenvalue weighted by Gasteiger charge is 2.01. The van der Waals surface area contributed by atoms with Crippen molar-refractivity contribution >= 4 is 17.7 Å². The Morgan fingerprint density at radius 3 is 2.16 bits per heavy atom. The summed E-state index contributed by atoms with van der Waals surface area (Å²) in [6.07, 6.45) is 11.3. The van der Waals surface area contributed by atoms with Crippen molar-refractivity contribution in [3.8, 4) is 0 Å². The van der Waals surface area contributed by atoms with Crippen LogP contribution in [0.3, 0.4) is 0 Å². The molecule has 0 saturated heterocycles. The van der Waals surface area contributed by atoms with Crippen molar-refractivity contribution in [2.45, 2.75) is 64.2 Å². The number of carboxylic acid groups (broad SMARTS) is 1. The van der Waals surface area contributed by atoms with Crippen LogP contribution in [0, 0.1) is 0 Å². The van der Waals surface area contributed by atoms with Gasteiger partial charge in [-0.1, -0.05) is 44.9 Å². The zero-order valence-corrected chi connectivity index (χ0v) is 14.7. The summed E-state index contributed by atoms with van der Waals surface area (Å²) in [5.41, 5.74) is 0.226. The monoisotopic (exact) mass is 351 g/mol. The van der Waals surface area contributed by atoms with Crippen LogP contribution in [-0.4, -0.2) is 28.6 Å². The normalized spacial score (nSPS) is 10.4. The van der Waals surface area contributed by atoms with E-state index in [1.807, 2.05) is 0 Å². The second-order valence-electron chi connectivity index (χ2n) is 6.15. The van der Waals surface area contributed by atoms with Gasteiger partial charge in [-0.15, -0.1) is 0 Å². The number of unbranched alkanes of at least 4 members (excludes halogenated alkanes) is 8. The lowest BCUT2D eigenvalue weighted by atomic mass is 10.1. The zero-order valence-electron chi connectivity index (χ0n) is 14.7. The van der Waals surface area contributed by atoms with Crippen LogP contribution in [0.1, 0.15) is 64.2 Å². The summed E-state index contributed by atoms with van der Waals surface area (Å²) in [7, 11) is 0. The van der Waals surface area contributed by atoms with Crippen LogP contribution in [0.2, 0.25) is 0 Å². The fourth-order valence-electron chi connectivity index (χ4n) is 2.54. The third-order valence-electron chi connectivity index (χ3n) is 3.89. The third kappa shape index (κ3) is 11.8. The van der Waals surface area contributed by atoms with E-state index in [1.54, 1.807) is 6.07 Å². The molecule has 7 heteroatoms. The molecule has 1 aromatic heterocycles. The summed E-state index contributed by atoms with van der Waals surface area (Å²) >= 11 is 0. The zero-order chi connectivity index (χ0) is 18.3. The molecule has 1 heterocycles. The van der Waals surface area contributed by atoms with Gasteiger partial charge >= 0.3 is 12.0 Å². The maximum atomic E-state index is 11.7. The first-order valence-electron chi connectivity index (χ1n) is 9.03. The van der Waals surface area contributed by atoms with Gasteiger partial charge in [-0.2, -0.15) is 0 Å². The molecule has 140 valence electrons. The number of carbonyl (C=O) groups excluding carboxylic acids is 1. The van der Waals surface area contributed by atoms with E-state index in [4.69, 9.17) is 5.11 Å². The fraction of sp³-hybridized carbons (Fsp3) is 0.611. The maximum absolute atomic E-state index is 11.7. The number of anilines is 1. The molecule has 0 aliphatic carbocycles. The van der Waals surface area contributed by atoms with Gasteiger partial charge in [0.2, 0.25) is 5.56 Å². The lowest BCUT2D eigenvalue weighted by Gasteiger charge is -2.07. The van der Waals surface area contributed by atoms with Crippen LogP contribution in [0.25, 0.3) is 0 Å². The van der Waals surface area contributed by atoms with Crippen molar-refractivity contribution in [2.75, 3.05) is 11.9 Å². The summed E-state index contributed by atoms with van der Waals surface area (Å²) in [6, 6.07) is 2.66. The first-order valence-corrected chi connectivity index (χ1v) is 9.03. The second-order valence-corrected chi connectivity index (χ2v) is 6.15. The molecule has 0 aliphatic heterocycles. The van der Waals surface area contributed by atoms with E-state index in [0.29, 0.717) is 12.2 Å². The van der Waals surface area contributed by atoms with E-state index in [1.165, 1.54) is 25.1 Å². The average Bonchev–Trinajstić information content (AvgIpc) is 2.55. The van der Waals surface area contributed by atoms with Gasteiger partial charge in [-0.05, 0) is 18.9 Å². The molecular formula is C18H29N3O4. The quantitative estimate of drug-likeness (QED) is 0.408. The molecule has 0 fully saturated rings. The van der Waals surface area contributed by atoms with Crippen molar-refractivity contribution in [1.82, 2.24) is 10.3 Å². The molecule has 0 saturated carbocycles. The standard InChI is InChI=1S/C18H29N3O4/c22-16-14-15(11-13-19-16)21-18(25)20-12-9-7-5-3-1-2-4-6-8-10-17(23)24/h11,13-14H,1-10,12H2,(H,23,24)(H3,19,20,21,22,25). The van der Waals surface area contributed by atoms with Crippen molar-refractivity contribution in [1.29, 1.82) is 0 Å². The smallest absolute Gasteiger partial charge is 0.319 e. The van der Waals surface area contributed by atoms with Crippen molar-refractivity contribution in [3.05, 3.63) is 28.7 Å². The SMILES string of the molecule is O=C(O)CCCCCCCCCCCNC(=O)Nc1cc[nH]c(=O)c1. The predicted molar refractivity (Wildman–Crippen MR) is 97.9 cm³/mol. The molecule has 0 aliphatic rings. The first kappa shape index (κ1) is 20.7. The molecular weight excluding hydrogens is 322 g/mol. The van der Waals surface area contributed by atoms with Gasteiger partial charge in [-0.25, -0.2) is 4.79 Å². The van der Waals surface area contributed by atoms with Gasteiger partial charge in [0.15, 0.2) is 0 Å². The number of amides is 2. The van der Waals surface area contributed by atoms with Crippen LogP contribution >= 0.6 is 0 Å². The maximum Gasteiger partial charge on any atom is 0.319 e. The molecule has 4 N–H and O–H groups in total. The number of rotatable bonds is 13. The molecule has 0 unspecified atom stereocenters. The lowest BCUT2D eigenvalue weighted by Crippen LogP contribution is -2.29. The van der Waals surface area contributed by atoms with Gasteiger partial charge in [0.1, 0.15) is 0 Å². The van der Waals surface area contributed by atoms with Gasteiger partial charge in [0, 0.05) is 30.9 Å². The molecule has 25 heavy (non-hydrogen) atoms. The van der Waals surface area contributed by atoms with E-state index < -0.39 is 5.97 Å². The summed E-state index contributed by atoms with van der Waals surface area (Å²) in [6.45, 7) is 0.615. The number of urea groups is 1. The number of carboxylic acids is 1. The summed E-state index contributed by atoms with van der Waals surface area (Å²) < 4.78 is 0. The van der Waals surface area contributed by atoms with Crippen LogP contribution in [0.15, 0.2) is 23.1 Å². The summed E-state index contributed by atoms with van der Waals surface area (Å²) in [4.78, 5) is 35.6. The second kappa shape index (κ2) is 13.0. The number of aromatic amines is 1. The largest absolute Gasteiger partial charge is 0.481 e. The summed E-state index contributed by atoms with van der Waals surface area (Å²) in [5, 5.41) is 13.9. The number of nitrogens with one attached hydrogen (secondary N) is 3. The molecule has 0 spiro atoms. The van der Waals surface area contributed by atoms with Gasteiger partial charge in [0.25, 0.3) is 0 Å². The van der Waals surface area contributed by atoms with Crippen molar-refractivity contribution in [3.63, 3.8) is 0 Å². The number of aromatic nitrogens is 1. The number of H-pyrrole nitrogens is 1. The Labute approximate surface area is 148 Å². The molecule has 0 atom stereocenters. The molecule has 7 nitrogen and oxygen atoms in total. The van der Waals surface area contributed by atoms with Crippen LogP contribution < -0.4 is 16.2 Å². The minimum Gasteiger partial charge on any atom is -0.481 e. The number of aliphatic carboxylic acids is 1. The minimum absolute atomic E-state index is 0.250. The number of pyridine rings is 1. The van der Waals surface area contributed by atoms with E-state index >= 15 is 0 Å². The molecule has 0 aromatic carbocycles. The Morgan fingerprint density at radius 1 is 0.960 bits per heavy atom. The third-order valence-corrected chi connectivity index (χ3v) is 3.89. The van der Waals surface area contributed by atoms with E-state index in [0.717, 1.165) is 44.9 Å². The molecule has 2 amide bonds. The molecule has 1 rings (SSSR count). The highest BCUT2D eigenvalue weighted by Crippen LogP contribution is 2.10. The van der Waals surface area contributed by atoms with E-state index in [9.17, 15) is 14.4 Å². The highest BCUT2D eigenvalue weighted by atomic mass is 16.4. The minimum atomic E-state index is -0.709. The van der Waals surface area contributed by atoms with Gasteiger partial charge < -0.3 is 20.7 Å². The molecule has 0 radical (unpaired) electrons. The Kier molecular flexibility index (Phi) is 10.8. The number of hydrogen-bond donors (Lipinski definition) is 4. The Balaban J connectivity index is 1.89. The Hall–Kier alpha value is -2.31. The topological polar surface area (TPSA) is 111 Å². The first-order chi connectivity index (χ1) is 12.1. The Morgan fingerprint density at radius 2 is 1.56 bits per heavy atom. The van der Waals surface area contributed by atoms with E-state index in [-0.39, 0.29) is 18.0 Å². The fourth-order valence-corrected chi connectivity index (χ4v) is 2.54. The van der Waals surface area contributed by atoms with Crippen molar-refractivity contribution in [2.24, 2.45) is 0 Å². The molecule has 0 bridgehead atoms. The van der Waals surface area contributed by atoms with Crippen LogP contribution in [0.4, 0.5) is 10.5 Å². The van der Waals surface area contributed by atoms with Crippen LogP contribution in [-0.2, 0) is 4.79 Å². The summed E-state index contributed by atoms with van der Waals surface area (Å²) in [5.74, 6) is -0.709.